The Hall–Kier alpha value is -2.44. The predicted octanol–water partition coefficient (Wildman–Crippen LogP) is 0.569. The lowest BCUT2D eigenvalue weighted by Crippen LogP contribution is -2.38. The second-order valence-corrected chi connectivity index (χ2v) is 4.18. The van der Waals surface area contributed by atoms with Gasteiger partial charge in [-0.05, 0) is 5.56 Å². The minimum absolute atomic E-state index is 0.0245. The predicted molar refractivity (Wildman–Crippen MR) is 64.3 cm³/mol. The number of non-ortho nitro benzene ring substituents is 1. The van der Waals surface area contributed by atoms with Crippen molar-refractivity contribution < 1.29 is 19.2 Å². The fourth-order valence-corrected chi connectivity index (χ4v) is 1.79. The molecule has 7 heteroatoms. The summed E-state index contributed by atoms with van der Waals surface area (Å²) in [7, 11) is 0. The topological polar surface area (TPSA) is 98.5 Å². The average molecular weight is 264 g/mol. The van der Waals surface area contributed by atoms with E-state index in [0.717, 1.165) is 0 Å². The molecular weight excluding hydrogens is 252 g/mol. The van der Waals surface area contributed by atoms with E-state index >= 15 is 0 Å². The fraction of sp³-hybridized carbons (Fsp3) is 0.333. The number of esters is 1. The molecule has 1 aliphatic heterocycles. The van der Waals surface area contributed by atoms with Crippen LogP contribution in [0.4, 0.5) is 5.69 Å². The molecule has 1 N–H and O–H groups in total. The normalized spacial score (nSPS) is 17.9. The first kappa shape index (κ1) is 13.0. The highest BCUT2D eigenvalue weighted by molar-refractivity contribution is 5.86. The molecule has 0 aromatic heterocycles. The smallest absolute Gasteiger partial charge is 0.328 e. The van der Waals surface area contributed by atoms with Crippen molar-refractivity contribution in [3.05, 3.63) is 39.9 Å². The number of ether oxygens (including phenoxy) is 1. The van der Waals surface area contributed by atoms with Gasteiger partial charge in [0.1, 0.15) is 6.04 Å². The van der Waals surface area contributed by atoms with Gasteiger partial charge in [0.25, 0.3) is 5.69 Å². The molecule has 1 unspecified atom stereocenters. The average Bonchev–Trinajstić information content (AvgIpc) is 2.75. The van der Waals surface area contributed by atoms with Gasteiger partial charge in [-0.3, -0.25) is 14.9 Å². The summed E-state index contributed by atoms with van der Waals surface area (Å²) in [5, 5.41) is 13.0. The van der Waals surface area contributed by atoms with Gasteiger partial charge in [-0.25, -0.2) is 4.79 Å². The molecule has 100 valence electrons. The highest BCUT2D eigenvalue weighted by Crippen LogP contribution is 2.12. The molecule has 1 saturated heterocycles. The summed E-state index contributed by atoms with van der Waals surface area (Å²) in [6, 6.07) is 5.14. The molecule has 2 rings (SSSR count). The molecule has 1 atom stereocenters. The van der Waals surface area contributed by atoms with E-state index in [1.54, 1.807) is 0 Å². The summed E-state index contributed by atoms with van der Waals surface area (Å²) in [5.41, 5.74) is 0.623. The van der Waals surface area contributed by atoms with Gasteiger partial charge >= 0.3 is 5.97 Å². The minimum Gasteiger partial charge on any atom is -0.464 e. The van der Waals surface area contributed by atoms with Crippen LogP contribution in [0.1, 0.15) is 12.0 Å². The summed E-state index contributed by atoms with van der Waals surface area (Å²) in [6.45, 7) is 0.321. The van der Waals surface area contributed by atoms with Crippen molar-refractivity contribution in [2.45, 2.75) is 18.9 Å². The van der Waals surface area contributed by atoms with Crippen molar-refractivity contribution >= 4 is 17.6 Å². The third kappa shape index (κ3) is 3.27. The number of cyclic esters (lactones) is 1. The van der Waals surface area contributed by atoms with Gasteiger partial charge in [0, 0.05) is 18.6 Å². The first-order chi connectivity index (χ1) is 9.06. The zero-order valence-corrected chi connectivity index (χ0v) is 10.00. The van der Waals surface area contributed by atoms with Crippen LogP contribution in [-0.2, 0) is 20.7 Å². The summed E-state index contributed by atoms with van der Waals surface area (Å²) < 4.78 is 4.73. The van der Waals surface area contributed by atoms with Crippen LogP contribution in [0, 0.1) is 10.1 Å². The first-order valence-electron chi connectivity index (χ1n) is 5.75. The van der Waals surface area contributed by atoms with Crippen molar-refractivity contribution in [3.63, 3.8) is 0 Å². The molecule has 1 aromatic rings. The number of nitrogens with one attached hydrogen (secondary N) is 1. The molecule has 7 nitrogen and oxygen atoms in total. The van der Waals surface area contributed by atoms with Crippen molar-refractivity contribution in [2.75, 3.05) is 6.61 Å². The zero-order chi connectivity index (χ0) is 13.8. The Balaban J connectivity index is 1.91. The number of hydrogen-bond donors (Lipinski definition) is 1. The Kier molecular flexibility index (Phi) is 3.74. The van der Waals surface area contributed by atoms with Crippen molar-refractivity contribution in [1.29, 1.82) is 0 Å². The third-order valence-corrected chi connectivity index (χ3v) is 2.78. The summed E-state index contributed by atoms with van der Waals surface area (Å²) in [4.78, 5) is 32.8. The Bertz CT molecular complexity index is 511. The molecule has 1 aromatic carbocycles. The second-order valence-electron chi connectivity index (χ2n) is 4.18. The molecule has 1 amide bonds. The molecule has 19 heavy (non-hydrogen) atoms. The number of benzene rings is 1. The molecule has 0 saturated carbocycles. The Morgan fingerprint density at radius 3 is 2.63 bits per heavy atom. The lowest BCUT2D eigenvalue weighted by molar-refractivity contribution is -0.384. The van der Waals surface area contributed by atoms with Crippen LogP contribution < -0.4 is 5.32 Å². The van der Waals surface area contributed by atoms with E-state index in [1.807, 2.05) is 0 Å². The van der Waals surface area contributed by atoms with Crippen molar-refractivity contribution in [3.8, 4) is 0 Å². The van der Waals surface area contributed by atoms with Crippen LogP contribution in [0.2, 0.25) is 0 Å². The maximum Gasteiger partial charge on any atom is 0.328 e. The third-order valence-electron chi connectivity index (χ3n) is 2.78. The number of hydrogen-bond acceptors (Lipinski definition) is 5. The van der Waals surface area contributed by atoms with Crippen LogP contribution in [0.25, 0.3) is 0 Å². The van der Waals surface area contributed by atoms with Crippen molar-refractivity contribution in [2.24, 2.45) is 0 Å². The monoisotopic (exact) mass is 264 g/mol. The number of amides is 1. The maximum atomic E-state index is 11.7. The Morgan fingerprint density at radius 1 is 1.42 bits per heavy atom. The first-order valence-corrected chi connectivity index (χ1v) is 5.75. The lowest BCUT2D eigenvalue weighted by atomic mass is 10.1. The maximum absolute atomic E-state index is 11.7. The summed E-state index contributed by atoms with van der Waals surface area (Å²) >= 11 is 0. The summed E-state index contributed by atoms with van der Waals surface area (Å²) in [5.74, 6) is -0.727. The van der Waals surface area contributed by atoms with Crippen molar-refractivity contribution in [1.82, 2.24) is 5.32 Å². The number of nitrogens with zero attached hydrogens (tertiary/aromatic N) is 1. The number of nitro groups is 1. The zero-order valence-electron chi connectivity index (χ0n) is 10.00. The van der Waals surface area contributed by atoms with E-state index in [0.29, 0.717) is 18.6 Å². The van der Waals surface area contributed by atoms with E-state index in [2.05, 4.69) is 5.32 Å². The fourth-order valence-electron chi connectivity index (χ4n) is 1.79. The van der Waals surface area contributed by atoms with Gasteiger partial charge in [0.05, 0.1) is 18.0 Å². The van der Waals surface area contributed by atoms with Gasteiger partial charge < -0.3 is 10.1 Å². The van der Waals surface area contributed by atoms with Gasteiger partial charge in [-0.1, -0.05) is 12.1 Å². The molecule has 0 aliphatic carbocycles. The van der Waals surface area contributed by atoms with Crippen LogP contribution >= 0.6 is 0 Å². The molecule has 1 fully saturated rings. The van der Waals surface area contributed by atoms with Crippen LogP contribution in [0.5, 0.6) is 0 Å². The number of carbonyl (C=O) groups excluding carboxylic acids is 2. The molecule has 0 spiro atoms. The van der Waals surface area contributed by atoms with Crippen LogP contribution in [0.3, 0.4) is 0 Å². The van der Waals surface area contributed by atoms with Gasteiger partial charge in [0.15, 0.2) is 0 Å². The van der Waals surface area contributed by atoms with Gasteiger partial charge in [0.2, 0.25) is 5.91 Å². The van der Waals surface area contributed by atoms with E-state index < -0.39 is 16.9 Å². The van der Waals surface area contributed by atoms with E-state index in [-0.39, 0.29) is 18.0 Å². The SMILES string of the molecule is O=C(Cc1ccc([N+](=O)[O-])cc1)NC1CCOC1=O. The Labute approximate surface area is 108 Å². The van der Waals surface area contributed by atoms with Gasteiger partial charge in [-0.15, -0.1) is 0 Å². The minimum atomic E-state index is -0.578. The Morgan fingerprint density at radius 2 is 2.11 bits per heavy atom. The van der Waals surface area contributed by atoms with E-state index in [4.69, 9.17) is 4.74 Å². The lowest BCUT2D eigenvalue weighted by Gasteiger charge is -2.08. The molecule has 0 bridgehead atoms. The molecule has 1 aliphatic rings. The number of carbonyl (C=O) groups is 2. The van der Waals surface area contributed by atoms with Gasteiger partial charge in [-0.2, -0.15) is 0 Å². The highest BCUT2D eigenvalue weighted by atomic mass is 16.6. The molecular formula is C12H12N2O5. The highest BCUT2D eigenvalue weighted by Gasteiger charge is 2.27. The largest absolute Gasteiger partial charge is 0.464 e. The number of nitro benzene ring substituents is 1. The van der Waals surface area contributed by atoms with E-state index in [9.17, 15) is 19.7 Å². The molecule has 0 radical (unpaired) electrons. The van der Waals surface area contributed by atoms with Crippen LogP contribution in [-0.4, -0.2) is 29.4 Å². The second kappa shape index (κ2) is 5.47. The quantitative estimate of drug-likeness (QED) is 0.487. The summed E-state index contributed by atoms with van der Waals surface area (Å²) in [6.07, 6.45) is 0.548. The van der Waals surface area contributed by atoms with E-state index in [1.165, 1.54) is 24.3 Å². The number of rotatable bonds is 4. The standard InChI is InChI=1S/C12H12N2O5/c15-11(13-10-5-6-19-12(10)16)7-8-1-3-9(4-2-8)14(17)18/h1-4,10H,5-7H2,(H,13,15). The van der Waals surface area contributed by atoms with Crippen LogP contribution in [0.15, 0.2) is 24.3 Å². The molecule has 1 heterocycles.